The molecule has 1 saturated heterocycles. The van der Waals surface area contributed by atoms with Gasteiger partial charge in [-0.3, -0.25) is 9.48 Å². The molecule has 0 aliphatic carbocycles. The summed E-state index contributed by atoms with van der Waals surface area (Å²) in [5, 5.41) is 15.1. The fourth-order valence-corrected chi connectivity index (χ4v) is 3.57. The molecule has 0 aromatic carbocycles. The molecule has 0 unspecified atom stereocenters. The summed E-state index contributed by atoms with van der Waals surface area (Å²) in [4.78, 5) is 15.2. The highest BCUT2D eigenvalue weighted by Gasteiger charge is 2.29. The summed E-state index contributed by atoms with van der Waals surface area (Å²) in [6.45, 7) is 1.47. The molecule has 1 amide bonds. The highest BCUT2D eigenvalue weighted by atomic mass is 32.1. The van der Waals surface area contributed by atoms with Crippen LogP contribution in [0.15, 0.2) is 29.9 Å². The van der Waals surface area contributed by atoms with Gasteiger partial charge in [0.05, 0.1) is 18.2 Å². The Morgan fingerprint density at radius 1 is 1.52 bits per heavy atom. The molecule has 1 aliphatic rings. The third-order valence-corrected chi connectivity index (χ3v) is 4.73. The molecule has 2 aromatic rings. The van der Waals surface area contributed by atoms with Gasteiger partial charge in [-0.2, -0.15) is 10.4 Å². The number of nitrogens with zero attached hydrogens (tertiary/aromatic N) is 4. The van der Waals surface area contributed by atoms with Gasteiger partial charge < -0.3 is 4.90 Å². The molecule has 2 aromatic heterocycles. The minimum atomic E-state index is -0.0154. The number of nitriles is 1. The molecule has 5 nitrogen and oxygen atoms in total. The average Bonchev–Trinajstić information content (AvgIpc) is 3.18. The Morgan fingerprint density at radius 3 is 3.19 bits per heavy atom. The second-order valence-electron chi connectivity index (χ2n) is 5.15. The van der Waals surface area contributed by atoms with Gasteiger partial charge >= 0.3 is 0 Å². The molecule has 6 heteroatoms. The van der Waals surface area contributed by atoms with Crippen LogP contribution in [0, 0.1) is 11.3 Å². The number of carbonyl (C=O) groups excluding carboxylic acids is 1. The van der Waals surface area contributed by atoms with E-state index in [0.717, 1.165) is 25.8 Å². The third kappa shape index (κ3) is 2.83. The van der Waals surface area contributed by atoms with Crippen molar-refractivity contribution in [1.29, 1.82) is 5.26 Å². The van der Waals surface area contributed by atoms with Gasteiger partial charge in [0.1, 0.15) is 10.9 Å². The van der Waals surface area contributed by atoms with E-state index in [2.05, 4.69) is 11.2 Å². The van der Waals surface area contributed by atoms with Crippen molar-refractivity contribution in [3.63, 3.8) is 0 Å². The summed E-state index contributed by atoms with van der Waals surface area (Å²) in [5.41, 5.74) is 0.480. The van der Waals surface area contributed by atoms with Gasteiger partial charge in [-0.05, 0) is 36.8 Å². The van der Waals surface area contributed by atoms with E-state index in [1.165, 1.54) is 11.3 Å². The van der Waals surface area contributed by atoms with Crippen LogP contribution < -0.4 is 0 Å². The van der Waals surface area contributed by atoms with E-state index in [1.807, 2.05) is 21.8 Å². The Labute approximate surface area is 127 Å². The molecule has 1 atom stereocenters. The van der Waals surface area contributed by atoms with Crippen LogP contribution in [-0.2, 0) is 6.54 Å². The smallest absolute Gasteiger partial charge is 0.265 e. The van der Waals surface area contributed by atoms with Crippen molar-refractivity contribution in [1.82, 2.24) is 14.7 Å². The summed E-state index contributed by atoms with van der Waals surface area (Å²) in [6.07, 6.45) is 6.81. The number of piperidine rings is 1. The number of amides is 1. The van der Waals surface area contributed by atoms with Gasteiger partial charge in [-0.25, -0.2) is 0 Å². The lowest BCUT2D eigenvalue weighted by Gasteiger charge is -2.35. The third-order valence-electron chi connectivity index (χ3n) is 3.82. The van der Waals surface area contributed by atoms with Crippen molar-refractivity contribution in [3.05, 3.63) is 40.3 Å². The van der Waals surface area contributed by atoms with Crippen LogP contribution in [0.5, 0.6) is 0 Å². The van der Waals surface area contributed by atoms with Crippen LogP contribution in [0.1, 0.15) is 34.5 Å². The Balaban J connectivity index is 1.81. The van der Waals surface area contributed by atoms with Crippen molar-refractivity contribution >= 4 is 17.2 Å². The van der Waals surface area contributed by atoms with E-state index in [0.29, 0.717) is 17.0 Å². The normalized spacial score (nSPS) is 18.4. The second-order valence-corrected chi connectivity index (χ2v) is 6.07. The summed E-state index contributed by atoms with van der Waals surface area (Å²) >= 11 is 1.35. The molecule has 3 heterocycles. The molecule has 0 saturated carbocycles. The number of hydrogen-bond acceptors (Lipinski definition) is 4. The highest BCUT2D eigenvalue weighted by Crippen LogP contribution is 2.24. The predicted molar refractivity (Wildman–Crippen MR) is 79.9 cm³/mol. The summed E-state index contributed by atoms with van der Waals surface area (Å²) in [7, 11) is 0. The van der Waals surface area contributed by atoms with Crippen LogP contribution in [0.4, 0.5) is 0 Å². The Kier molecular flexibility index (Phi) is 4.02. The van der Waals surface area contributed by atoms with Gasteiger partial charge in [0, 0.05) is 18.9 Å². The van der Waals surface area contributed by atoms with E-state index in [4.69, 9.17) is 5.26 Å². The average molecular weight is 300 g/mol. The monoisotopic (exact) mass is 300 g/mol. The molecule has 108 valence electrons. The highest BCUT2D eigenvalue weighted by molar-refractivity contribution is 7.12. The second kappa shape index (κ2) is 6.10. The zero-order valence-electron chi connectivity index (χ0n) is 11.6. The maximum absolute atomic E-state index is 12.7. The SMILES string of the molecule is N#Cc1ccsc1C(=O)N1CCCC[C@H]1Cn1cccn1. The Bertz CT molecular complexity index is 656. The van der Waals surface area contributed by atoms with Gasteiger partial charge in [-0.15, -0.1) is 11.3 Å². The van der Waals surface area contributed by atoms with Crippen LogP contribution >= 0.6 is 11.3 Å². The molecule has 0 radical (unpaired) electrons. The number of aromatic nitrogens is 2. The molecule has 1 aliphatic heterocycles. The van der Waals surface area contributed by atoms with E-state index >= 15 is 0 Å². The van der Waals surface area contributed by atoms with E-state index < -0.39 is 0 Å². The number of thiophene rings is 1. The van der Waals surface area contributed by atoms with Crippen molar-refractivity contribution in [2.75, 3.05) is 6.54 Å². The first kappa shape index (κ1) is 13.8. The number of likely N-dealkylation sites (tertiary alicyclic amines) is 1. The fourth-order valence-electron chi connectivity index (χ4n) is 2.78. The first-order valence-electron chi connectivity index (χ1n) is 7.05. The molecule has 0 spiro atoms. The van der Waals surface area contributed by atoms with Crippen molar-refractivity contribution in [2.45, 2.75) is 31.8 Å². The minimum absolute atomic E-state index is 0.0154. The topological polar surface area (TPSA) is 61.9 Å². The molecule has 21 heavy (non-hydrogen) atoms. The van der Waals surface area contributed by atoms with Gasteiger partial charge in [0.25, 0.3) is 5.91 Å². The van der Waals surface area contributed by atoms with E-state index in [1.54, 1.807) is 17.6 Å². The number of rotatable bonds is 3. The largest absolute Gasteiger partial charge is 0.333 e. The molecular formula is C15H16N4OS. The van der Waals surface area contributed by atoms with Crippen LogP contribution in [-0.4, -0.2) is 33.2 Å². The summed E-state index contributed by atoms with van der Waals surface area (Å²) in [5.74, 6) is -0.0154. The zero-order chi connectivity index (χ0) is 14.7. The molecule has 3 rings (SSSR count). The first-order valence-corrected chi connectivity index (χ1v) is 7.93. The van der Waals surface area contributed by atoms with Crippen molar-refractivity contribution in [2.24, 2.45) is 0 Å². The van der Waals surface area contributed by atoms with Gasteiger partial charge in [0.2, 0.25) is 0 Å². The maximum Gasteiger partial charge on any atom is 0.265 e. The van der Waals surface area contributed by atoms with Crippen LogP contribution in [0.25, 0.3) is 0 Å². The van der Waals surface area contributed by atoms with Crippen LogP contribution in [0.2, 0.25) is 0 Å². The first-order chi connectivity index (χ1) is 10.3. The summed E-state index contributed by atoms with van der Waals surface area (Å²) in [6, 6.07) is 5.86. The molecule has 0 bridgehead atoms. The summed E-state index contributed by atoms with van der Waals surface area (Å²) < 4.78 is 1.87. The lowest BCUT2D eigenvalue weighted by atomic mass is 10.0. The van der Waals surface area contributed by atoms with Crippen molar-refractivity contribution in [3.8, 4) is 6.07 Å². The predicted octanol–water partition coefficient (Wildman–Crippen LogP) is 2.51. The molecular weight excluding hydrogens is 284 g/mol. The Morgan fingerprint density at radius 2 is 2.43 bits per heavy atom. The lowest BCUT2D eigenvalue weighted by molar-refractivity contribution is 0.0588. The standard InChI is InChI=1S/C15H16N4OS/c16-10-12-5-9-21-14(12)15(20)19-8-2-1-4-13(19)11-18-7-3-6-17-18/h3,5-7,9,13H,1-2,4,8,11H2/t13-/m0/s1. The Hall–Kier alpha value is -2.13. The number of carbonyl (C=O) groups is 1. The minimum Gasteiger partial charge on any atom is -0.333 e. The number of hydrogen-bond donors (Lipinski definition) is 0. The van der Waals surface area contributed by atoms with E-state index in [9.17, 15) is 4.79 Å². The maximum atomic E-state index is 12.7. The molecule has 1 fully saturated rings. The van der Waals surface area contributed by atoms with Gasteiger partial charge in [0.15, 0.2) is 0 Å². The molecule has 0 N–H and O–H groups in total. The van der Waals surface area contributed by atoms with Crippen molar-refractivity contribution < 1.29 is 4.79 Å². The quantitative estimate of drug-likeness (QED) is 0.875. The lowest BCUT2D eigenvalue weighted by Crippen LogP contribution is -2.45. The fraction of sp³-hybridized carbons (Fsp3) is 0.400. The van der Waals surface area contributed by atoms with E-state index in [-0.39, 0.29) is 11.9 Å². The van der Waals surface area contributed by atoms with Gasteiger partial charge in [-0.1, -0.05) is 0 Å². The zero-order valence-corrected chi connectivity index (χ0v) is 12.4. The van der Waals surface area contributed by atoms with Crippen LogP contribution in [0.3, 0.4) is 0 Å².